The van der Waals surface area contributed by atoms with Gasteiger partial charge in [0.15, 0.2) is 0 Å². The van der Waals surface area contributed by atoms with E-state index in [0.29, 0.717) is 18.5 Å². The van der Waals surface area contributed by atoms with Crippen LogP contribution >= 0.6 is 0 Å². The number of urea groups is 1. The zero-order valence-corrected chi connectivity index (χ0v) is 19.9. The standard InChI is InChI=1S/C26H29N5O4.2H2/c1-3-4-7-21-23(33)31(20-9-6-5-8-19(20)30(21)2)15-22(32)27-18-11-10-16-13-26(14-17(16)12-18)24(34)28-25(35)29-26;;/h5-6,8-12,21H,3-4,7,13-15H2,1-2H3,(H,27,32)(H2,28,29,34,35);2*1H. The molecule has 9 nitrogen and oxygen atoms in total. The van der Waals surface area contributed by atoms with Crippen molar-refractivity contribution in [2.24, 2.45) is 0 Å². The number of likely N-dealkylation sites (N-methyl/N-ethyl adjacent to an activating group) is 1. The van der Waals surface area contributed by atoms with E-state index in [4.69, 9.17) is 0 Å². The highest BCUT2D eigenvalue weighted by Gasteiger charge is 2.50. The van der Waals surface area contributed by atoms with Crippen LogP contribution in [0.1, 0.15) is 40.2 Å². The van der Waals surface area contributed by atoms with Crippen molar-refractivity contribution in [1.82, 2.24) is 10.6 Å². The third-order valence-corrected chi connectivity index (χ3v) is 7.19. The molecule has 0 bridgehead atoms. The lowest BCUT2D eigenvalue weighted by Gasteiger charge is -2.41. The predicted molar refractivity (Wildman–Crippen MR) is 137 cm³/mol. The summed E-state index contributed by atoms with van der Waals surface area (Å²) in [6.45, 7) is 2.00. The van der Waals surface area contributed by atoms with E-state index in [1.165, 1.54) is 0 Å². The number of anilines is 3. The molecule has 5 rings (SSSR count). The van der Waals surface area contributed by atoms with E-state index in [1.807, 2.05) is 48.3 Å². The Morgan fingerprint density at radius 1 is 1.11 bits per heavy atom. The summed E-state index contributed by atoms with van der Waals surface area (Å²) in [6.07, 6.45) is 3.44. The van der Waals surface area contributed by atoms with Crippen LogP contribution < -0.4 is 25.8 Å². The van der Waals surface area contributed by atoms with Crippen molar-refractivity contribution in [1.29, 1.82) is 0 Å². The van der Waals surface area contributed by atoms with Crippen molar-refractivity contribution in [3.8, 4) is 0 Å². The van der Waals surface area contributed by atoms with E-state index in [9.17, 15) is 19.2 Å². The molecule has 3 aliphatic rings. The summed E-state index contributed by atoms with van der Waals surface area (Å²) in [5, 5.41) is 7.95. The van der Waals surface area contributed by atoms with Gasteiger partial charge in [-0.15, -0.1) is 0 Å². The van der Waals surface area contributed by atoms with Crippen LogP contribution in [-0.2, 0) is 27.2 Å². The Balaban J connectivity index is 0.00000190. The normalized spacial score (nSPS) is 22.7. The van der Waals surface area contributed by atoms with E-state index in [1.54, 1.807) is 11.0 Å². The lowest BCUT2D eigenvalue weighted by atomic mass is 9.96. The number of hydrogen-bond acceptors (Lipinski definition) is 5. The number of benzene rings is 2. The maximum absolute atomic E-state index is 13.4. The van der Waals surface area contributed by atoms with Crippen LogP contribution in [0.4, 0.5) is 21.9 Å². The van der Waals surface area contributed by atoms with Crippen molar-refractivity contribution in [2.75, 3.05) is 28.7 Å². The summed E-state index contributed by atoms with van der Waals surface area (Å²) in [5.74, 6) is -0.700. The number of fused-ring (bicyclic) bond motifs is 2. The number of imide groups is 1. The number of nitrogens with one attached hydrogen (secondary N) is 3. The fourth-order valence-electron chi connectivity index (χ4n) is 5.38. The van der Waals surface area contributed by atoms with E-state index in [-0.39, 0.29) is 33.2 Å². The molecule has 2 unspecified atom stereocenters. The van der Waals surface area contributed by atoms with Crippen LogP contribution in [0.15, 0.2) is 42.5 Å². The number of unbranched alkanes of at least 4 members (excludes halogenated alkanes) is 1. The molecule has 0 saturated carbocycles. The molecule has 1 spiro atoms. The van der Waals surface area contributed by atoms with Gasteiger partial charge in [-0.25, -0.2) is 4.79 Å². The number of nitrogens with zero attached hydrogens (tertiary/aromatic N) is 2. The number of carbonyl (C=O) groups is 4. The molecule has 2 aromatic rings. The van der Waals surface area contributed by atoms with E-state index in [2.05, 4.69) is 22.9 Å². The van der Waals surface area contributed by atoms with Crippen LogP contribution in [0, 0.1) is 0 Å². The van der Waals surface area contributed by atoms with Gasteiger partial charge in [0.2, 0.25) is 11.8 Å². The largest absolute Gasteiger partial charge is 0.361 e. The van der Waals surface area contributed by atoms with Gasteiger partial charge in [-0.1, -0.05) is 38.0 Å². The molecule has 2 aromatic carbocycles. The van der Waals surface area contributed by atoms with Crippen LogP contribution in [0.2, 0.25) is 0 Å². The number of carbonyl (C=O) groups excluding carboxylic acids is 4. The maximum atomic E-state index is 13.4. The summed E-state index contributed by atoms with van der Waals surface area (Å²) in [5.41, 5.74) is 3.16. The Bertz CT molecular complexity index is 1240. The monoisotopic (exact) mass is 479 g/mol. The molecule has 186 valence electrons. The average molecular weight is 480 g/mol. The number of hydrogen-bond donors (Lipinski definition) is 3. The van der Waals surface area contributed by atoms with Crippen molar-refractivity contribution in [2.45, 2.75) is 50.6 Å². The quantitative estimate of drug-likeness (QED) is 0.552. The lowest BCUT2D eigenvalue weighted by Crippen LogP contribution is -2.53. The van der Waals surface area contributed by atoms with E-state index >= 15 is 0 Å². The first-order valence-corrected chi connectivity index (χ1v) is 12.0. The predicted octanol–water partition coefficient (Wildman–Crippen LogP) is 2.84. The van der Waals surface area contributed by atoms with Crippen LogP contribution in [0.3, 0.4) is 0 Å². The molecular weight excluding hydrogens is 446 g/mol. The third kappa shape index (κ3) is 4.00. The second-order valence-corrected chi connectivity index (χ2v) is 9.56. The van der Waals surface area contributed by atoms with Crippen molar-refractivity contribution < 1.29 is 22.0 Å². The number of rotatable bonds is 6. The second-order valence-electron chi connectivity index (χ2n) is 9.56. The average Bonchev–Trinajstić information content (AvgIpc) is 3.33. The Hall–Kier alpha value is -3.88. The van der Waals surface area contributed by atoms with Gasteiger partial charge in [-0.3, -0.25) is 24.6 Å². The van der Waals surface area contributed by atoms with Gasteiger partial charge >= 0.3 is 6.03 Å². The van der Waals surface area contributed by atoms with Crippen molar-refractivity contribution in [3.05, 3.63) is 53.6 Å². The molecule has 2 heterocycles. The third-order valence-electron chi connectivity index (χ3n) is 7.19. The summed E-state index contributed by atoms with van der Waals surface area (Å²) < 4.78 is 0. The maximum Gasteiger partial charge on any atom is 0.322 e. The zero-order valence-electron chi connectivity index (χ0n) is 19.9. The highest BCUT2D eigenvalue weighted by molar-refractivity contribution is 6.10. The first-order valence-electron chi connectivity index (χ1n) is 12.0. The van der Waals surface area contributed by atoms with E-state index < -0.39 is 11.6 Å². The topological polar surface area (TPSA) is 111 Å². The smallest absolute Gasteiger partial charge is 0.322 e. The fourth-order valence-corrected chi connectivity index (χ4v) is 5.38. The summed E-state index contributed by atoms with van der Waals surface area (Å²) in [6, 6.07) is 12.3. The van der Waals surface area contributed by atoms with Crippen LogP contribution in [0.25, 0.3) is 0 Å². The fraction of sp³-hybridized carbons (Fsp3) is 0.385. The molecule has 9 heteroatoms. The van der Waals surface area contributed by atoms with Gasteiger partial charge < -0.3 is 15.5 Å². The molecule has 2 aliphatic heterocycles. The second kappa shape index (κ2) is 8.72. The number of para-hydroxylation sites is 2. The minimum Gasteiger partial charge on any atom is -0.361 e. The molecule has 1 aliphatic carbocycles. The minimum absolute atomic E-state index is 0. The molecule has 1 saturated heterocycles. The van der Waals surface area contributed by atoms with Gasteiger partial charge in [-0.2, -0.15) is 0 Å². The van der Waals surface area contributed by atoms with Gasteiger partial charge in [0.05, 0.1) is 11.4 Å². The van der Waals surface area contributed by atoms with Gasteiger partial charge in [-0.05, 0) is 41.8 Å². The Morgan fingerprint density at radius 3 is 2.57 bits per heavy atom. The molecule has 2 atom stereocenters. The molecule has 5 amide bonds. The zero-order chi connectivity index (χ0) is 24.7. The molecular formula is C26H33N5O4. The highest BCUT2D eigenvalue weighted by Crippen LogP contribution is 2.37. The molecule has 3 N–H and O–H groups in total. The Kier molecular flexibility index (Phi) is 5.70. The summed E-state index contributed by atoms with van der Waals surface area (Å²) in [7, 11) is 1.93. The lowest BCUT2D eigenvalue weighted by molar-refractivity contribution is -0.123. The first-order chi connectivity index (χ1) is 16.8. The molecule has 1 fully saturated rings. The molecule has 0 radical (unpaired) electrons. The van der Waals surface area contributed by atoms with Crippen LogP contribution in [-0.4, -0.2) is 48.9 Å². The van der Waals surface area contributed by atoms with E-state index in [0.717, 1.165) is 41.8 Å². The summed E-state index contributed by atoms with van der Waals surface area (Å²) in [4.78, 5) is 54.0. The SMILES string of the molecule is CCCCC1C(=O)N(CC(=O)Nc2ccc3c(c2)CC2(C3)NC(=O)NC2=O)c2ccccc2N1C.[HH].[HH]. The highest BCUT2D eigenvalue weighted by atomic mass is 16.2. The van der Waals surface area contributed by atoms with Crippen molar-refractivity contribution in [3.63, 3.8) is 0 Å². The van der Waals surface area contributed by atoms with Crippen molar-refractivity contribution >= 4 is 40.8 Å². The number of amides is 5. The van der Waals surface area contributed by atoms with Crippen LogP contribution in [0.5, 0.6) is 0 Å². The molecule has 0 aromatic heterocycles. The van der Waals surface area contributed by atoms with Gasteiger partial charge in [0, 0.05) is 28.4 Å². The van der Waals surface area contributed by atoms with Gasteiger partial charge in [0.25, 0.3) is 5.91 Å². The first kappa shape index (κ1) is 22.9. The van der Waals surface area contributed by atoms with Gasteiger partial charge in [0.1, 0.15) is 18.1 Å². The molecule has 35 heavy (non-hydrogen) atoms. The minimum atomic E-state index is -0.953. The Labute approximate surface area is 206 Å². The summed E-state index contributed by atoms with van der Waals surface area (Å²) >= 11 is 0. The Morgan fingerprint density at radius 2 is 1.86 bits per heavy atom.